The van der Waals surface area contributed by atoms with E-state index in [1.54, 1.807) is 0 Å². The summed E-state index contributed by atoms with van der Waals surface area (Å²) >= 11 is 0. The van der Waals surface area contributed by atoms with Crippen molar-refractivity contribution in [2.24, 2.45) is 0 Å². The number of carbonyl (C=O) groups excluding carboxylic acids is 1. The summed E-state index contributed by atoms with van der Waals surface area (Å²) in [6.45, 7) is 6.90. The Bertz CT molecular complexity index is 791. The summed E-state index contributed by atoms with van der Waals surface area (Å²) < 4.78 is 1.97. The summed E-state index contributed by atoms with van der Waals surface area (Å²) in [4.78, 5) is 15.2. The Hall–Kier alpha value is -2.21. The van der Waals surface area contributed by atoms with Gasteiger partial charge in [0.1, 0.15) is 0 Å². The molecule has 0 saturated carbocycles. The first-order valence-corrected chi connectivity index (χ1v) is 10.1. The van der Waals surface area contributed by atoms with Gasteiger partial charge >= 0.3 is 0 Å². The van der Waals surface area contributed by atoms with Gasteiger partial charge in [0.15, 0.2) is 5.69 Å². The highest BCUT2D eigenvalue weighted by molar-refractivity contribution is 5.93. The summed E-state index contributed by atoms with van der Waals surface area (Å²) in [5.41, 5.74) is 4.00. The van der Waals surface area contributed by atoms with Crippen molar-refractivity contribution in [1.29, 1.82) is 0 Å². The van der Waals surface area contributed by atoms with Crippen LogP contribution in [0.1, 0.15) is 59.0 Å². The zero-order valence-electron chi connectivity index (χ0n) is 16.3. The van der Waals surface area contributed by atoms with Crippen LogP contribution in [0.2, 0.25) is 0 Å². The number of benzene rings is 1. The monoisotopic (exact) mass is 367 g/mol. The average Bonchev–Trinajstić information content (AvgIpc) is 3.30. The van der Waals surface area contributed by atoms with Crippen LogP contribution in [0.25, 0.3) is 0 Å². The topological polar surface area (TPSA) is 63.1 Å². The minimum atomic E-state index is 0.0438. The molecule has 3 heterocycles. The quantitative estimate of drug-likeness (QED) is 0.902. The number of nitrogens with zero attached hydrogens (tertiary/aromatic N) is 4. The highest BCUT2D eigenvalue weighted by atomic mass is 16.2. The van der Waals surface area contributed by atoms with Crippen LogP contribution in [0.5, 0.6) is 0 Å². The van der Waals surface area contributed by atoms with Crippen molar-refractivity contribution in [3.8, 4) is 0 Å². The molecule has 2 aliphatic rings. The van der Waals surface area contributed by atoms with Gasteiger partial charge in [0, 0.05) is 12.6 Å². The molecule has 0 spiro atoms. The molecule has 144 valence electrons. The zero-order chi connectivity index (χ0) is 18.8. The van der Waals surface area contributed by atoms with E-state index >= 15 is 0 Å². The molecule has 2 fully saturated rings. The van der Waals surface area contributed by atoms with Crippen molar-refractivity contribution in [1.82, 2.24) is 25.2 Å². The molecule has 1 aromatic carbocycles. The summed E-state index contributed by atoms with van der Waals surface area (Å²) in [6.07, 6.45) is 5.10. The molecule has 6 heteroatoms. The maximum absolute atomic E-state index is 13.2. The van der Waals surface area contributed by atoms with Gasteiger partial charge in [-0.25, -0.2) is 4.68 Å². The number of carbonyl (C=O) groups is 1. The van der Waals surface area contributed by atoms with Crippen molar-refractivity contribution in [3.05, 3.63) is 46.8 Å². The molecule has 1 unspecified atom stereocenters. The van der Waals surface area contributed by atoms with Crippen molar-refractivity contribution in [2.75, 3.05) is 19.6 Å². The van der Waals surface area contributed by atoms with Crippen LogP contribution in [-0.4, -0.2) is 51.5 Å². The number of aryl methyl sites for hydroxylation is 1. The number of hydrogen-bond acceptors (Lipinski definition) is 4. The summed E-state index contributed by atoms with van der Waals surface area (Å²) in [5.74, 6) is 0.0438. The number of likely N-dealkylation sites (tertiary alicyclic amines) is 1. The summed E-state index contributed by atoms with van der Waals surface area (Å²) in [5, 5.41) is 12.0. The number of amides is 1. The highest BCUT2D eigenvalue weighted by Crippen LogP contribution is 2.25. The van der Waals surface area contributed by atoms with E-state index in [1.807, 2.05) is 16.5 Å². The number of nitrogens with one attached hydrogen (secondary N) is 1. The fourth-order valence-corrected chi connectivity index (χ4v) is 4.38. The van der Waals surface area contributed by atoms with Crippen molar-refractivity contribution >= 4 is 5.91 Å². The molecule has 27 heavy (non-hydrogen) atoms. The second kappa shape index (κ2) is 7.80. The molecule has 0 radical (unpaired) electrons. The second-order valence-corrected chi connectivity index (χ2v) is 7.93. The molecule has 0 aliphatic carbocycles. The third-order valence-electron chi connectivity index (χ3n) is 6.01. The smallest absolute Gasteiger partial charge is 0.276 e. The molecule has 4 rings (SSSR count). The van der Waals surface area contributed by atoms with Crippen LogP contribution < -0.4 is 5.32 Å². The number of hydrogen-bond donors (Lipinski definition) is 1. The van der Waals surface area contributed by atoms with Crippen molar-refractivity contribution in [3.63, 3.8) is 0 Å². The van der Waals surface area contributed by atoms with Crippen LogP contribution >= 0.6 is 0 Å². The Labute approximate surface area is 160 Å². The van der Waals surface area contributed by atoms with Gasteiger partial charge in [-0.05, 0) is 64.6 Å². The van der Waals surface area contributed by atoms with E-state index < -0.39 is 0 Å². The Kier molecular flexibility index (Phi) is 5.25. The predicted molar refractivity (Wildman–Crippen MR) is 105 cm³/mol. The van der Waals surface area contributed by atoms with Crippen LogP contribution in [-0.2, 0) is 6.42 Å². The lowest BCUT2D eigenvalue weighted by Gasteiger charge is -2.25. The van der Waals surface area contributed by atoms with Crippen molar-refractivity contribution in [2.45, 2.75) is 58.0 Å². The van der Waals surface area contributed by atoms with E-state index in [0.29, 0.717) is 11.7 Å². The maximum Gasteiger partial charge on any atom is 0.276 e. The minimum Gasteiger partial charge on any atom is -0.334 e. The SMILES string of the molecule is Cc1ccc(CC2CCCN2C(=O)c2nnn(C3CCNCC3)c2C)cc1. The molecular weight excluding hydrogens is 338 g/mol. The molecule has 1 N–H and O–H groups in total. The molecule has 6 nitrogen and oxygen atoms in total. The molecule has 0 bridgehead atoms. The summed E-state index contributed by atoms with van der Waals surface area (Å²) in [6, 6.07) is 9.24. The maximum atomic E-state index is 13.2. The zero-order valence-corrected chi connectivity index (χ0v) is 16.3. The van der Waals surface area contributed by atoms with Crippen LogP contribution in [0, 0.1) is 13.8 Å². The van der Waals surface area contributed by atoms with Gasteiger partial charge < -0.3 is 10.2 Å². The Balaban J connectivity index is 1.49. The van der Waals surface area contributed by atoms with E-state index in [4.69, 9.17) is 0 Å². The summed E-state index contributed by atoms with van der Waals surface area (Å²) in [7, 11) is 0. The van der Waals surface area contributed by atoms with E-state index in [2.05, 4.69) is 46.8 Å². The van der Waals surface area contributed by atoms with E-state index in [0.717, 1.165) is 57.4 Å². The van der Waals surface area contributed by atoms with Gasteiger partial charge in [0.05, 0.1) is 11.7 Å². The number of piperidine rings is 1. The third-order valence-corrected chi connectivity index (χ3v) is 6.01. The van der Waals surface area contributed by atoms with Gasteiger partial charge in [-0.15, -0.1) is 5.10 Å². The lowest BCUT2D eigenvalue weighted by atomic mass is 10.0. The van der Waals surface area contributed by atoms with Crippen molar-refractivity contribution < 1.29 is 4.79 Å². The van der Waals surface area contributed by atoms with Gasteiger partial charge in [-0.1, -0.05) is 35.0 Å². The minimum absolute atomic E-state index is 0.0438. The fourth-order valence-electron chi connectivity index (χ4n) is 4.38. The van der Waals surface area contributed by atoms with Gasteiger partial charge in [0.2, 0.25) is 0 Å². The molecule has 1 atom stereocenters. The number of rotatable bonds is 4. The molecule has 2 aromatic rings. The van der Waals surface area contributed by atoms with Crippen LogP contribution in [0.3, 0.4) is 0 Å². The normalized spacial score (nSPS) is 21.0. The third kappa shape index (κ3) is 3.76. The Morgan fingerprint density at radius 1 is 1.15 bits per heavy atom. The largest absolute Gasteiger partial charge is 0.334 e. The second-order valence-electron chi connectivity index (χ2n) is 7.93. The predicted octanol–water partition coefficient (Wildman–Crippen LogP) is 2.67. The van der Waals surface area contributed by atoms with E-state index in [9.17, 15) is 4.79 Å². The molecule has 2 saturated heterocycles. The Morgan fingerprint density at radius 2 is 1.89 bits per heavy atom. The molecule has 1 amide bonds. The highest BCUT2D eigenvalue weighted by Gasteiger charge is 2.33. The Morgan fingerprint density at radius 3 is 2.63 bits per heavy atom. The molecular formula is C21H29N5O. The van der Waals surface area contributed by atoms with Crippen LogP contribution in [0.4, 0.5) is 0 Å². The average molecular weight is 367 g/mol. The first kappa shape index (κ1) is 18.2. The first-order chi connectivity index (χ1) is 13.1. The van der Waals surface area contributed by atoms with Gasteiger partial charge in [-0.2, -0.15) is 0 Å². The standard InChI is InChI=1S/C21H29N5O/c1-15-5-7-17(8-6-15)14-19-4-3-13-25(19)21(27)20-16(2)26(24-23-20)18-9-11-22-12-10-18/h5-8,18-19,22H,3-4,9-14H2,1-2H3. The molecule has 1 aromatic heterocycles. The van der Waals surface area contributed by atoms with Crippen LogP contribution in [0.15, 0.2) is 24.3 Å². The first-order valence-electron chi connectivity index (χ1n) is 10.1. The van der Waals surface area contributed by atoms with Gasteiger partial charge in [0.25, 0.3) is 5.91 Å². The number of aromatic nitrogens is 3. The molecule has 2 aliphatic heterocycles. The lowest BCUT2D eigenvalue weighted by molar-refractivity contribution is 0.0729. The lowest BCUT2D eigenvalue weighted by Crippen LogP contribution is -2.37. The van der Waals surface area contributed by atoms with E-state index in [-0.39, 0.29) is 11.9 Å². The van der Waals surface area contributed by atoms with E-state index in [1.165, 1.54) is 11.1 Å². The fraction of sp³-hybridized carbons (Fsp3) is 0.571. The van der Waals surface area contributed by atoms with Gasteiger partial charge in [-0.3, -0.25) is 4.79 Å².